The minimum Gasteiger partial charge on any atom is -0.309 e. The van der Waals surface area contributed by atoms with Crippen LogP contribution in [-0.4, -0.2) is 30.3 Å². The molecule has 1 saturated carbocycles. The van der Waals surface area contributed by atoms with E-state index in [2.05, 4.69) is 28.4 Å². The number of imidazole rings is 1. The first-order valence-electron chi connectivity index (χ1n) is 7.23. The first kappa shape index (κ1) is 14.3. The van der Waals surface area contributed by atoms with Gasteiger partial charge in [-0.1, -0.05) is 6.92 Å². The third-order valence-electron chi connectivity index (χ3n) is 4.15. The van der Waals surface area contributed by atoms with E-state index < -0.39 is 0 Å². The van der Waals surface area contributed by atoms with Crippen molar-refractivity contribution in [3.63, 3.8) is 0 Å². The van der Waals surface area contributed by atoms with Crippen LogP contribution < -0.4 is 0 Å². The van der Waals surface area contributed by atoms with Gasteiger partial charge in [0.25, 0.3) is 0 Å². The second-order valence-electron chi connectivity index (χ2n) is 5.46. The maximum atomic E-state index is 6.12. The molecule has 0 aromatic carbocycles. The Kier molecular flexibility index (Phi) is 4.00. The van der Waals surface area contributed by atoms with Crippen molar-refractivity contribution < 1.29 is 0 Å². The van der Waals surface area contributed by atoms with Crippen LogP contribution in [0.4, 0.5) is 0 Å². The molecule has 1 fully saturated rings. The number of aryl methyl sites for hydroxylation is 2. The molecule has 2 aromatic rings. The molecule has 2 aromatic heterocycles. The van der Waals surface area contributed by atoms with Gasteiger partial charge in [0.2, 0.25) is 0 Å². The van der Waals surface area contributed by atoms with Gasteiger partial charge < -0.3 is 4.57 Å². The molecule has 2 atom stereocenters. The highest BCUT2D eigenvalue weighted by Crippen LogP contribution is 2.39. The SMILES string of the molecule is CCSC1CCC(n2c(CCl)nc3c(C)nn(C)c32)C1. The van der Waals surface area contributed by atoms with Crippen molar-refractivity contribution >= 4 is 34.5 Å². The standard InChI is InChI=1S/C14H21ClN4S/c1-4-20-11-6-5-10(7-11)19-12(8-15)16-13-9(2)17-18(3)14(13)19/h10-11H,4-8H2,1-3H3. The van der Waals surface area contributed by atoms with Gasteiger partial charge in [-0.2, -0.15) is 16.9 Å². The van der Waals surface area contributed by atoms with Crippen LogP contribution in [0.3, 0.4) is 0 Å². The molecule has 1 aliphatic carbocycles. The second kappa shape index (κ2) is 5.60. The van der Waals surface area contributed by atoms with Crippen molar-refractivity contribution in [1.82, 2.24) is 19.3 Å². The van der Waals surface area contributed by atoms with E-state index in [4.69, 9.17) is 16.6 Å². The van der Waals surface area contributed by atoms with Crippen molar-refractivity contribution in [2.24, 2.45) is 7.05 Å². The van der Waals surface area contributed by atoms with Gasteiger partial charge in [0.15, 0.2) is 5.65 Å². The number of halogens is 1. The maximum absolute atomic E-state index is 6.12. The summed E-state index contributed by atoms with van der Waals surface area (Å²) in [7, 11) is 2.00. The summed E-state index contributed by atoms with van der Waals surface area (Å²) in [6.07, 6.45) is 3.73. The van der Waals surface area contributed by atoms with Crippen molar-refractivity contribution in [3.05, 3.63) is 11.5 Å². The molecule has 0 bridgehead atoms. The predicted octanol–water partition coefficient (Wildman–Crippen LogP) is 3.66. The molecular weight excluding hydrogens is 292 g/mol. The van der Waals surface area contributed by atoms with Gasteiger partial charge in [-0.25, -0.2) is 4.98 Å². The lowest BCUT2D eigenvalue weighted by molar-refractivity contribution is 0.507. The summed E-state index contributed by atoms with van der Waals surface area (Å²) < 4.78 is 4.30. The van der Waals surface area contributed by atoms with E-state index in [1.54, 1.807) is 0 Å². The van der Waals surface area contributed by atoms with Gasteiger partial charge in [0.1, 0.15) is 11.3 Å². The van der Waals surface area contributed by atoms with Gasteiger partial charge in [0, 0.05) is 18.3 Å². The zero-order valence-corrected chi connectivity index (χ0v) is 13.8. The molecule has 3 rings (SSSR count). The first-order valence-corrected chi connectivity index (χ1v) is 8.82. The molecule has 4 nitrogen and oxygen atoms in total. The lowest BCUT2D eigenvalue weighted by Crippen LogP contribution is -2.12. The Morgan fingerprint density at radius 1 is 1.40 bits per heavy atom. The summed E-state index contributed by atoms with van der Waals surface area (Å²) in [6.45, 7) is 4.25. The Balaban J connectivity index is 2.02. The highest BCUT2D eigenvalue weighted by atomic mass is 35.5. The zero-order chi connectivity index (χ0) is 14.3. The number of nitrogens with zero attached hydrogens (tertiary/aromatic N) is 4. The topological polar surface area (TPSA) is 35.6 Å². The van der Waals surface area contributed by atoms with E-state index in [9.17, 15) is 0 Å². The Morgan fingerprint density at radius 3 is 2.90 bits per heavy atom. The summed E-state index contributed by atoms with van der Waals surface area (Å²) in [5.41, 5.74) is 3.13. The van der Waals surface area contributed by atoms with Gasteiger partial charge in [0.05, 0.1) is 11.6 Å². The number of alkyl halides is 1. The Morgan fingerprint density at radius 2 is 2.20 bits per heavy atom. The lowest BCUT2D eigenvalue weighted by atomic mass is 10.2. The molecule has 0 amide bonds. The zero-order valence-electron chi connectivity index (χ0n) is 12.3. The van der Waals surface area contributed by atoms with Gasteiger partial charge >= 0.3 is 0 Å². The maximum Gasteiger partial charge on any atom is 0.158 e. The summed E-state index contributed by atoms with van der Waals surface area (Å²) in [4.78, 5) is 4.71. The van der Waals surface area contributed by atoms with Crippen molar-refractivity contribution in [2.45, 2.75) is 50.3 Å². The van der Waals surface area contributed by atoms with Gasteiger partial charge in [-0.3, -0.25) is 4.68 Å². The average molecular weight is 313 g/mol. The van der Waals surface area contributed by atoms with Crippen LogP contribution in [0.1, 0.15) is 43.7 Å². The Labute approximate surface area is 128 Å². The summed E-state index contributed by atoms with van der Waals surface area (Å²) in [6, 6.07) is 0.521. The summed E-state index contributed by atoms with van der Waals surface area (Å²) in [5, 5.41) is 5.28. The highest BCUT2D eigenvalue weighted by molar-refractivity contribution is 7.99. The predicted molar refractivity (Wildman–Crippen MR) is 85.6 cm³/mol. The molecular formula is C14H21ClN4S. The highest BCUT2D eigenvalue weighted by Gasteiger charge is 2.30. The van der Waals surface area contributed by atoms with Crippen LogP contribution in [0.2, 0.25) is 0 Å². The average Bonchev–Trinajstić information content (AvgIpc) is 3.07. The van der Waals surface area contributed by atoms with E-state index in [1.807, 2.05) is 18.7 Å². The van der Waals surface area contributed by atoms with Crippen LogP contribution in [0.25, 0.3) is 11.2 Å². The number of hydrogen-bond acceptors (Lipinski definition) is 3. The second-order valence-corrected chi connectivity index (χ2v) is 7.30. The molecule has 0 saturated heterocycles. The van der Waals surface area contributed by atoms with E-state index in [1.165, 1.54) is 25.0 Å². The molecule has 2 heterocycles. The summed E-state index contributed by atoms with van der Waals surface area (Å²) in [5.74, 6) is 2.66. The van der Waals surface area contributed by atoms with E-state index in [-0.39, 0.29) is 0 Å². The van der Waals surface area contributed by atoms with Crippen LogP contribution in [-0.2, 0) is 12.9 Å². The van der Waals surface area contributed by atoms with Crippen LogP contribution in [0, 0.1) is 6.92 Å². The van der Waals surface area contributed by atoms with Crippen molar-refractivity contribution in [2.75, 3.05) is 5.75 Å². The molecule has 110 valence electrons. The third kappa shape index (κ3) is 2.25. The monoisotopic (exact) mass is 312 g/mol. The smallest absolute Gasteiger partial charge is 0.158 e. The molecule has 2 unspecified atom stereocenters. The molecule has 20 heavy (non-hydrogen) atoms. The minimum atomic E-state index is 0.468. The fraction of sp³-hybridized carbons (Fsp3) is 0.714. The molecule has 6 heteroatoms. The Hall–Kier alpha value is -0.680. The van der Waals surface area contributed by atoms with Gasteiger partial charge in [-0.15, -0.1) is 11.6 Å². The van der Waals surface area contributed by atoms with Crippen molar-refractivity contribution in [3.8, 4) is 0 Å². The number of hydrogen-bond donors (Lipinski definition) is 0. The normalized spacial score (nSPS) is 23.0. The molecule has 0 aliphatic heterocycles. The van der Waals surface area contributed by atoms with Crippen LogP contribution in [0.5, 0.6) is 0 Å². The number of aromatic nitrogens is 4. The fourth-order valence-corrected chi connectivity index (χ4v) is 4.68. The minimum absolute atomic E-state index is 0.468. The van der Waals surface area contributed by atoms with Crippen molar-refractivity contribution in [1.29, 1.82) is 0 Å². The number of rotatable bonds is 4. The molecule has 0 N–H and O–H groups in total. The third-order valence-corrected chi connectivity index (χ3v) is 5.62. The molecule has 0 spiro atoms. The van der Waals surface area contributed by atoms with Gasteiger partial charge in [-0.05, 0) is 31.9 Å². The number of fused-ring (bicyclic) bond motifs is 1. The fourth-order valence-electron chi connectivity index (χ4n) is 3.36. The quantitative estimate of drug-likeness (QED) is 0.808. The lowest BCUT2D eigenvalue weighted by Gasteiger charge is -2.16. The first-order chi connectivity index (χ1) is 9.65. The van der Waals surface area contributed by atoms with E-state index in [0.29, 0.717) is 11.9 Å². The van der Waals surface area contributed by atoms with Crippen LogP contribution in [0.15, 0.2) is 0 Å². The number of thioether (sulfide) groups is 1. The van der Waals surface area contributed by atoms with E-state index >= 15 is 0 Å². The van der Waals surface area contributed by atoms with Crippen LogP contribution >= 0.6 is 23.4 Å². The Bertz CT molecular complexity index is 618. The van der Waals surface area contributed by atoms with E-state index in [0.717, 1.165) is 27.9 Å². The summed E-state index contributed by atoms with van der Waals surface area (Å²) >= 11 is 8.20. The molecule has 1 aliphatic rings. The molecule has 0 radical (unpaired) electrons. The largest absolute Gasteiger partial charge is 0.309 e.